The molecule has 166 valence electrons. The van der Waals surface area contributed by atoms with Crippen LogP contribution in [0, 0.1) is 21.4 Å². The summed E-state index contributed by atoms with van der Waals surface area (Å²) in [7, 11) is 0. The van der Waals surface area contributed by atoms with Crippen LogP contribution in [0.3, 0.4) is 0 Å². The van der Waals surface area contributed by atoms with Gasteiger partial charge in [0.1, 0.15) is 5.92 Å². The van der Waals surface area contributed by atoms with Gasteiger partial charge in [0.05, 0.1) is 11.5 Å². The van der Waals surface area contributed by atoms with Crippen molar-refractivity contribution in [1.82, 2.24) is 0 Å². The van der Waals surface area contributed by atoms with E-state index in [1.54, 1.807) is 19.1 Å². The van der Waals surface area contributed by atoms with Crippen molar-refractivity contribution >= 4 is 23.2 Å². The minimum atomic E-state index is -0.771. The molecule has 31 heavy (non-hydrogen) atoms. The molecule has 0 fully saturated rings. The minimum Gasteiger partial charge on any atom is -0.465 e. The normalized spacial score (nSPS) is 22.6. The van der Waals surface area contributed by atoms with E-state index >= 15 is 0 Å². The lowest BCUT2D eigenvalue weighted by Gasteiger charge is -2.38. The van der Waals surface area contributed by atoms with Gasteiger partial charge in [-0.05, 0) is 30.7 Å². The second kappa shape index (κ2) is 9.12. The molecule has 7 heteroatoms. The van der Waals surface area contributed by atoms with Crippen LogP contribution in [-0.4, -0.2) is 29.0 Å². The minimum absolute atomic E-state index is 0.0530. The van der Waals surface area contributed by atoms with Crippen LogP contribution in [0.1, 0.15) is 71.3 Å². The number of hydrogen-bond donors (Lipinski definition) is 0. The Bertz CT molecular complexity index is 960. The summed E-state index contributed by atoms with van der Waals surface area (Å²) in [5.74, 6) is -1.89. The third kappa shape index (κ3) is 4.92. The van der Waals surface area contributed by atoms with Gasteiger partial charge in [0.15, 0.2) is 5.78 Å². The van der Waals surface area contributed by atoms with Gasteiger partial charge < -0.3 is 4.74 Å². The van der Waals surface area contributed by atoms with Gasteiger partial charge in [0.25, 0.3) is 5.69 Å². The number of carbonyl (C=O) groups is 2. The number of nitro groups is 1. The summed E-state index contributed by atoms with van der Waals surface area (Å²) in [6, 6.07) is 6.20. The Hall–Kier alpha value is -2.83. The first-order valence-electron chi connectivity index (χ1n) is 10.9. The lowest BCUT2D eigenvalue weighted by Crippen LogP contribution is -2.39. The third-order valence-corrected chi connectivity index (χ3v) is 5.99. The van der Waals surface area contributed by atoms with Crippen LogP contribution in [0.5, 0.6) is 0 Å². The maximum Gasteiger partial charge on any atom is 0.315 e. The molecule has 7 nitrogen and oxygen atoms in total. The SMILES string of the molecule is CCCCCOC(=O)C1C(C)=NC2=C(C(=O)CC(C)(C)C2)[C@@H]1c1cccc([N+](=O)[O-])c1. The Morgan fingerprint density at radius 1 is 1.29 bits per heavy atom. The standard InChI is InChI=1S/C24H30N2O5/c1-5-6-7-11-31-23(28)20-15(2)25-18-13-24(3,4)14-19(27)22(18)21(20)16-9-8-10-17(12-16)26(29)30/h8-10,12,20-21H,5-7,11,13-14H2,1-4H3/t20?,21-/m1/s1. The molecule has 1 aliphatic heterocycles. The number of rotatable bonds is 7. The van der Waals surface area contributed by atoms with Crippen molar-refractivity contribution in [3.05, 3.63) is 51.2 Å². The number of nitrogens with zero attached hydrogens (tertiary/aromatic N) is 2. The fraction of sp³-hybridized carbons (Fsp3) is 0.542. The summed E-state index contributed by atoms with van der Waals surface area (Å²) >= 11 is 0. The van der Waals surface area contributed by atoms with Gasteiger partial charge in [-0.15, -0.1) is 0 Å². The zero-order valence-corrected chi connectivity index (χ0v) is 18.6. The smallest absolute Gasteiger partial charge is 0.315 e. The molecule has 0 bridgehead atoms. The fourth-order valence-electron chi connectivity index (χ4n) is 4.56. The number of hydrogen-bond acceptors (Lipinski definition) is 6. The number of Topliss-reactive ketones (excluding diaryl/α,β-unsaturated/α-hetero) is 1. The average Bonchev–Trinajstić information content (AvgIpc) is 2.69. The van der Waals surface area contributed by atoms with Crippen LogP contribution in [0.25, 0.3) is 0 Å². The van der Waals surface area contributed by atoms with E-state index in [1.165, 1.54) is 12.1 Å². The van der Waals surface area contributed by atoms with E-state index in [9.17, 15) is 19.7 Å². The van der Waals surface area contributed by atoms with Gasteiger partial charge in [-0.3, -0.25) is 24.7 Å². The third-order valence-electron chi connectivity index (χ3n) is 5.99. The van der Waals surface area contributed by atoms with E-state index in [2.05, 4.69) is 11.9 Å². The van der Waals surface area contributed by atoms with E-state index in [-0.39, 0.29) is 16.9 Å². The van der Waals surface area contributed by atoms with E-state index in [0.717, 1.165) is 19.3 Å². The Morgan fingerprint density at radius 3 is 2.71 bits per heavy atom. The zero-order valence-electron chi connectivity index (χ0n) is 18.6. The second-order valence-corrected chi connectivity index (χ2v) is 9.24. The first-order valence-corrected chi connectivity index (χ1v) is 10.9. The number of carbonyl (C=O) groups excluding carboxylic acids is 2. The Labute approximate surface area is 182 Å². The van der Waals surface area contributed by atoms with E-state index < -0.39 is 22.7 Å². The number of esters is 1. The molecule has 0 N–H and O–H groups in total. The maximum absolute atomic E-state index is 13.2. The van der Waals surface area contributed by atoms with Gasteiger partial charge in [0, 0.05) is 41.5 Å². The van der Waals surface area contributed by atoms with Crippen LogP contribution in [-0.2, 0) is 14.3 Å². The summed E-state index contributed by atoms with van der Waals surface area (Å²) in [5.41, 5.74) is 2.05. The summed E-state index contributed by atoms with van der Waals surface area (Å²) in [4.78, 5) is 41.9. The molecule has 2 atom stereocenters. The average molecular weight is 427 g/mol. The number of allylic oxidation sites excluding steroid dienone is 2. The molecule has 1 aliphatic carbocycles. The molecule has 0 amide bonds. The van der Waals surface area contributed by atoms with Crippen LogP contribution < -0.4 is 0 Å². The van der Waals surface area contributed by atoms with Crippen molar-refractivity contribution in [3.63, 3.8) is 0 Å². The number of aliphatic imine (C=N–C) groups is 1. The predicted octanol–water partition coefficient (Wildman–Crippen LogP) is 5.15. The number of ether oxygens (including phenoxy) is 1. The van der Waals surface area contributed by atoms with Crippen LogP contribution in [0.2, 0.25) is 0 Å². The quantitative estimate of drug-likeness (QED) is 0.260. The molecular formula is C24H30N2O5. The maximum atomic E-state index is 13.2. The Morgan fingerprint density at radius 2 is 2.03 bits per heavy atom. The predicted molar refractivity (Wildman–Crippen MR) is 118 cm³/mol. The molecule has 1 unspecified atom stereocenters. The highest BCUT2D eigenvalue weighted by atomic mass is 16.6. The Kier molecular flexibility index (Phi) is 6.72. The molecule has 2 aliphatic rings. The molecule has 3 rings (SSSR count). The number of non-ortho nitro benzene ring substituents is 1. The molecule has 0 saturated carbocycles. The lowest BCUT2D eigenvalue weighted by molar-refractivity contribution is -0.384. The fourth-order valence-corrected chi connectivity index (χ4v) is 4.56. The van der Waals surface area contributed by atoms with Crippen LogP contribution >= 0.6 is 0 Å². The van der Waals surface area contributed by atoms with Crippen LogP contribution in [0.15, 0.2) is 40.5 Å². The zero-order chi connectivity index (χ0) is 22.8. The first kappa shape index (κ1) is 22.8. The van der Waals surface area contributed by atoms with E-state index in [1.807, 2.05) is 13.8 Å². The van der Waals surface area contributed by atoms with Crippen molar-refractivity contribution < 1.29 is 19.2 Å². The Balaban J connectivity index is 2.06. The molecule has 0 radical (unpaired) electrons. The summed E-state index contributed by atoms with van der Waals surface area (Å²) < 4.78 is 5.55. The number of benzene rings is 1. The lowest BCUT2D eigenvalue weighted by atomic mass is 9.67. The van der Waals surface area contributed by atoms with Gasteiger partial charge in [-0.2, -0.15) is 0 Å². The summed E-state index contributed by atoms with van der Waals surface area (Å²) in [6.45, 7) is 8.21. The monoisotopic (exact) mass is 426 g/mol. The summed E-state index contributed by atoms with van der Waals surface area (Å²) in [6.07, 6.45) is 3.72. The topological polar surface area (TPSA) is 98.9 Å². The highest BCUT2D eigenvalue weighted by Crippen LogP contribution is 2.48. The van der Waals surface area contributed by atoms with Crippen molar-refractivity contribution in [2.75, 3.05) is 6.61 Å². The van der Waals surface area contributed by atoms with Crippen molar-refractivity contribution in [1.29, 1.82) is 0 Å². The molecule has 0 saturated heterocycles. The van der Waals surface area contributed by atoms with Crippen molar-refractivity contribution in [3.8, 4) is 0 Å². The van der Waals surface area contributed by atoms with Gasteiger partial charge >= 0.3 is 5.97 Å². The van der Waals surface area contributed by atoms with Crippen LogP contribution in [0.4, 0.5) is 5.69 Å². The van der Waals surface area contributed by atoms with Crippen molar-refractivity contribution in [2.45, 2.75) is 65.7 Å². The van der Waals surface area contributed by atoms with E-state index in [4.69, 9.17) is 4.74 Å². The second-order valence-electron chi connectivity index (χ2n) is 9.24. The molecule has 1 aromatic carbocycles. The number of unbranched alkanes of at least 4 members (excludes halogenated alkanes) is 2. The first-order chi connectivity index (χ1) is 14.6. The number of nitro benzene ring substituents is 1. The highest BCUT2D eigenvalue weighted by molar-refractivity contribution is 6.09. The van der Waals surface area contributed by atoms with Gasteiger partial charge in [-0.25, -0.2) is 0 Å². The van der Waals surface area contributed by atoms with Crippen molar-refractivity contribution in [2.24, 2.45) is 16.3 Å². The molecule has 0 spiro atoms. The van der Waals surface area contributed by atoms with E-state index in [0.29, 0.717) is 42.0 Å². The molecule has 1 aromatic rings. The molecule has 1 heterocycles. The molecular weight excluding hydrogens is 396 g/mol. The van der Waals surface area contributed by atoms with Gasteiger partial charge in [-0.1, -0.05) is 45.7 Å². The summed E-state index contributed by atoms with van der Waals surface area (Å²) in [5, 5.41) is 11.4. The number of ketones is 1. The highest BCUT2D eigenvalue weighted by Gasteiger charge is 2.46. The largest absolute Gasteiger partial charge is 0.465 e. The van der Waals surface area contributed by atoms with Gasteiger partial charge in [0.2, 0.25) is 0 Å². The molecule has 0 aromatic heterocycles.